The highest BCUT2D eigenvalue weighted by atomic mass is 16.2. The Labute approximate surface area is 108 Å². The number of pyridine rings is 1. The number of aromatic amines is 1. The van der Waals surface area contributed by atoms with Crippen molar-refractivity contribution in [2.45, 2.75) is 13.8 Å². The highest BCUT2D eigenvalue weighted by molar-refractivity contribution is 5.88. The first kappa shape index (κ1) is 12.8. The zero-order chi connectivity index (χ0) is 14.0. The predicted molar refractivity (Wildman–Crippen MR) is 68.0 cm³/mol. The first-order chi connectivity index (χ1) is 8.97. The number of aromatic nitrogens is 4. The Morgan fingerprint density at radius 2 is 2.16 bits per heavy atom. The quantitative estimate of drug-likeness (QED) is 0.437. The van der Waals surface area contributed by atoms with Gasteiger partial charge in [-0.2, -0.15) is 9.97 Å². The van der Waals surface area contributed by atoms with Crippen LogP contribution in [0.5, 0.6) is 0 Å². The maximum atomic E-state index is 11.5. The van der Waals surface area contributed by atoms with Crippen LogP contribution in [0.4, 0.5) is 5.95 Å². The van der Waals surface area contributed by atoms with Crippen molar-refractivity contribution in [2.24, 2.45) is 5.84 Å². The number of aryl methyl sites for hydroxylation is 1. The van der Waals surface area contributed by atoms with Crippen molar-refractivity contribution in [3.8, 4) is 11.5 Å². The lowest BCUT2D eigenvalue weighted by Crippen LogP contribution is -2.38. The van der Waals surface area contributed by atoms with E-state index in [2.05, 4.69) is 19.9 Å². The highest BCUT2D eigenvalue weighted by Gasteiger charge is 2.13. The van der Waals surface area contributed by atoms with Crippen molar-refractivity contribution < 1.29 is 4.79 Å². The Kier molecular flexibility index (Phi) is 3.34. The van der Waals surface area contributed by atoms with Gasteiger partial charge in [-0.1, -0.05) is 0 Å². The molecule has 98 valence electrons. The number of rotatable bonds is 2. The molecule has 0 spiro atoms. The number of hydrogen-bond acceptors (Lipinski definition) is 6. The third-order valence-electron chi connectivity index (χ3n) is 2.35. The molecule has 0 radical (unpaired) electrons. The fourth-order valence-electron chi connectivity index (χ4n) is 1.41. The van der Waals surface area contributed by atoms with E-state index in [4.69, 9.17) is 5.84 Å². The minimum absolute atomic E-state index is 0.172. The molecule has 8 nitrogen and oxygen atoms in total. The summed E-state index contributed by atoms with van der Waals surface area (Å²) in [5.74, 6) is 5.02. The maximum Gasteiger partial charge on any atom is 0.349 e. The number of nitrogens with one attached hydrogen (secondary N) is 1. The number of H-pyrrole nitrogens is 1. The largest absolute Gasteiger partial charge is 0.349 e. The van der Waals surface area contributed by atoms with Gasteiger partial charge in [-0.15, -0.1) is 0 Å². The van der Waals surface area contributed by atoms with Crippen LogP contribution >= 0.6 is 0 Å². The molecule has 0 atom stereocenters. The third-order valence-corrected chi connectivity index (χ3v) is 2.35. The molecular formula is C11H12N6O2. The van der Waals surface area contributed by atoms with Gasteiger partial charge < -0.3 is 0 Å². The summed E-state index contributed by atoms with van der Waals surface area (Å²) in [6.45, 7) is 3.13. The van der Waals surface area contributed by atoms with Gasteiger partial charge in [0.05, 0.1) is 0 Å². The van der Waals surface area contributed by atoms with E-state index in [1.165, 1.54) is 6.92 Å². The molecular weight excluding hydrogens is 248 g/mol. The smallest absolute Gasteiger partial charge is 0.288 e. The van der Waals surface area contributed by atoms with Crippen molar-refractivity contribution in [1.29, 1.82) is 0 Å². The molecule has 3 N–H and O–H groups in total. The van der Waals surface area contributed by atoms with E-state index in [9.17, 15) is 9.59 Å². The second kappa shape index (κ2) is 4.94. The van der Waals surface area contributed by atoms with E-state index in [-0.39, 0.29) is 11.8 Å². The van der Waals surface area contributed by atoms with E-state index in [1.807, 2.05) is 13.0 Å². The molecule has 2 heterocycles. The van der Waals surface area contributed by atoms with Crippen LogP contribution in [0.2, 0.25) is 0 Å². The second-order valence-corrected chi connectivity index (χ2v) is 3.91. The topological polar surface area (TPSA) is 118 Å². The third kappa shape index (κ3) is 2.80. The predicted octanol–water partition coefficient (Wildman–Crippen LogP) is -0.238. The van der Waals surface area contributed by atoms with Crippen LogP contribution < -0.4 is 16.5 Å². The van der Waals surface area contributed by atoms with Crippen molar-refractivity contribution in [1.82, 2.24) is 19.9 Å². The Morgan fingerprint density at radius 3 is 2.79 bits per heavy atom. The number of nitrogens with two attached hydrogens (primary N) is 1. The molecule has 1 amide bonds. The van der Waals surface area contributed by atoms with E-state index in [0.717, 1.165) is 5.56 Å². The molecule has 2 aromatic rings. The molecule has 2 rings (SSSR count). The van der Waals surface area contributed by atoms with Gasteiger partial charge in [-0.3, -0.25) is 14.8 Å². The zero-order valence-corrected chi connectivity index (χ0v) is 10.4. The first-order valence-corrected chi connectivity index (χ1v) is 5.44. The standard InChI is InChI=1S/C11H12N6O2/c1-6-3-4-13-8(5-6)9-14-10(16-11(19)15-9)17(12)7(2)18/h3-5H,12H2,1-2H3,(H,14,15,16,19). The lowest BCUT2D eigenvalue weighted by atomic mass is 10.2. The number of hydrazine groups is 1. The molecule has 0 aliphatic heterocycles. The lowest BCUT2D eigenvalue weighted by Gasteiger charge is -2.11. The average Bonchev–Trinajstić information content (AvgIpc) is 2.37. The van der Waals surface area contributed by atoms with Gasteiger partial charge in [0.15, 0.2) is 5.82 Å². The van der Waals surface area contributed by atoms with E-state index < -0.39 is 11.6 Å². The fourth-order valence-corrected chi connectivity index (χ4v) is 1.41. The van der Waals surface area contributed by atoms with Gasteiger partial charge >= 0.3 is 5.69 Å². The molecule has 8 heteroatoms. The Bertz CT molecular complexity index is 681. The molecule has 0 saturated carbocycles. The molecule has 0 aliphatic carbocycles. The lowest BCUT2D eigenvalue weighted by molar-refractivity contribution is -0.116. The molecule has 2 aromatic heterocycles. The molecule has 19 heavy (non-hydrogen) atoms. The molecule has 0 fully saturated rings. The summed E-state index contributed by atoms with van der Waals surface area (Å²) in [5, 5.41) is 0.703. The monoisotopic (exact) mass is 260 g/mol. The second-order valence-electron chi connectivity index (χ2n) is 3.91. The van der Waals surface area contributed by atoms with Crippen LogP contribution in [0.15, 0.2) is 23.1 Å². The summed E-state index contributed by atoms with van der Waals surface area (Å²) in [5.41, 5.74) is 0.778. The van der Waals surface area contributed by atoms with Gasteiger partial charge in [0, 0.05) is 13.1 Å². The maximum absolute atomic E-state index is 11.5. The Morgan fingerprint density at radius 1 is 1.42 bits per heavy atom. The minimum atomic E-state index is -0.653. The normalized spacial score (nSPS) is 10.3. The molecule has 0 aromatic carbocycles. The van der Waals surface area contributed by atoms with Gasteiger partial charge in [0.2, 0.25) is 5.91 Å². The Balaban J connectivity index is 2.54. The van der Waals surface area contributed by atoms with Crippen LogP contribution in [-0.2, 0) is 4.79 Å². The summed E-state index contributed by atoms with van der Waals surface area (Å²) < 4.78 is 0. The average molecular weight is 260 g/mol. The zero-order valence-electron chi connectivity index (χ0n) is 10.4. The summed E-state index contributed by atoms with van der Waals surface area (Å²) >= 11 is 0. The minimum Gasteiger partial charge on any atom is -0.288 e. The van der Waals surface area contributed by atoms with Crippen LogP contribution in [0.25, 0.3) is 11.5 Å². The molecule has 0 bridgehead atoms. The van der Waals surface area contributed by atoms with E-state index in [1.54, 1.807) is 12.3 Å². The Hall–Kier alpha value is -2.61. The number of anilines is 1. The van der Waals surface area contributed by atoms with Crippen LogP contribution in [0.3, 0.4) is 0 Å². The van der Waals surface area contributed by atoms with Crippen molar-refractivity contribution >= 4 is 11.9 Å². The van der Waals surface area contributed by atoms with Crippen molar-refractivity contribution in [3.05, 3.63) is 34.4 Å². The SMILES string of the molecule is CC(=O)N(N)c1nc(-c2cc(C)ccn2)[nH]c(=O)n1. The first-order valence-electron chi connectivity index (χ1n) is 5.44. The van der Waals surface area contributed by atoms with E-state index in [0.29, 0.717) is 10.7 Å². The van der Waals surface area contributed by atoms with Gasteiger partial charge in [0.1, 0.15) is 5.69 Å². The van der Waals surface area contributed by atoms with Gasteiger partial charge in [-0.05, 0) is 24.6 Å². The summed E-state index contributed by atoms with van der Waals surface area (Å²) in [6.07, 6.45) is 1.59. The number of amides is 1. The van der Waals surface area contributed by atoms with Crippen molar-refractivity contribution in [2.75, 3.05) is 5.01 Å². The van der Waals surface area contributed by atoms with E-state index >= 15 is 0 Å². The number of carbonyl (C=O) groups excluding carboxylic acids is 1. The fraction of sp³-hybridized carbons (Fsp3) is 0.182. The number of nitrogens with zero attached hydrogens (tertiary/aromatic N) is 4. The molecule has 0 saturated heterocycles. The van der Waals surface area contributed by atoms with Crippen LogP contribution in [0.1, 0.15) is 12.5 Å². The number of hydrogen-bond donors (Lipinski definition) is 2. The molecule has 0 aliphatic rings. The van der Waals surface area contributed by atoms with Gasteiger partial charge in [-0.25, -0.2) is 15.6 Å². The summed E-state index contributed by atoms with van der Waals surface area (Å²) in [7, 11) is 0. The summed E-state index contributed by atoms with van der Waals surface area (Å²) in [6, 6.07) is 3.56. The van der Waals surface area contributed by atoms with Crippen LogP contribution in [-0.4, -0.2) is 25.8 Å². The van der Waals surface area contributed by atoms with Crippen LogP contribution in [0, 0.1) is 6.92 Å². The van der Waals surface area contributed by atoms with Gasteiger partial charge in [0.25, 0.3) is 5.95 Å². The summed E-state index contributed by atoms with van der Waals surface area (Å²) in [4.78, 5) is 36.7. The number of carbonyl (C=O) groups is 1. The highest BCUT2D eigenvalue weighted by Crippen LogP contribution is 2.13. The van der Waals surface area contributed by atoms with Crippen molar-refractivity contribution in [3.63, 3.8) is 0 Å². The molecule has 0 unspecified atom stereocenters.